The summed E-state index contributed by atoms with van der Waals surface area (Å²) in [6.07, 6.45) is 0.694. The molecule has 4 N–H and O–H groups in total. The largest absolute Gasteiger partial charge is 0.493 e. The molecule has 1 aromatic heterocycles. The Morgan fingerprint density at radius 3 is 2.34 bits per heavy atom. The Hall–Kier alpha value is -3.75. The van der Waals surface area contributed by atoms with E-state index in [1.807, 2.05) is 24.3 Å². The number of primary amides is 1. The zero-order chi connectivity index (χ0) is 23.3. The number of amides is 2. The van der Waals surface area contributed by atoms with E-state index in [4.69, 9.17) is 19.9 Å². The van der Waals surface area contributed by atoms with Crippen LogP contribution in [0.5, 0.6) is 17.2 Å². The van der Waals surface area contributed by atoms with E-state index in [0.29, 0.717) is 23.7 Å². The second kappa shape index (κ2) is 10.0. The maximum absolute atomic E-state index is 13.2. The summed E-state index contributed by atoms with van der Waals surface area (Å²) in [4.78, 5) is 32.2. The van der Waals surface area contributed by atoms with Crippen LogP contribution < -0.4 is 25.3 Å². The van der Waals surface area contributed by atoms with Gasteiger partial charge in [-0.3, -0.25) is 9.59 Å². The number of hydrogen-bond donors (Lipinski definition) is 3. The SMILES string of the molecule is COc1cc(C(=O)NC(CC(C)C)c2nc3ccccc3[nH]2)cc(OC)c1OCC(N)=O. The van der Waals surface area contributed by atoms with Crippen LogP contribution in [0.15, 0.2) is 36.4 Å². The van der Waals surface area contributed by atoms with E-state index in [1.54, 1.807) is 0 Å². The number of carbonyl (C=O) groups is 2. The summed E-state index contributed by atoms with van der Waals surface area (Å²) in [5.74, 6) is 0.740. The average Bonchev–Trinajstić information content (AvgIpc) is 3.20. The van der Waals surface area contributed by atoms with Gasteiger partial charge in [0, 0.05) is 5.56 Å². The van der Waals surface area contributed by atoms with E-state index in [0.717, 1.165) is 11.0 Å². The third kappa shape index (κ3) is 5.29. The molecule has 0 spiro atoms. The maximum Gasteiger partial charge on any atom is 0.255 e. The predicted molar refractivity (Wildman–Crippen MR) is 120 cm³/mol. The summed E-state index contributed by atoms with van der Waals surface area (Å²) >= 11 is 0. The molecular formula is C23H28N4O5. The Bertz CT molecular complexity index is 1050. The van der Waals surface area contributed by atoms with Gasteiger partial charge >= 0.3 is 0 Å². The summed E-state index contributed by atoms with van der Waals surface area (Å²) in [5, 5.41) is 3.06. The zero-order valence-corrected chi connectivity index (χ0v) is 18.6. The molecule has 0 aliphatic carbocycles. The normalized spacial score (nSPS) is 11.9. The lowest BCUT2D eigenvalue weighted by atomic mass is 10.0. The molecule has 3 aromatic rings. The number of para-hydroxylation sites is 2. The lowest BCUT2D eigenvalue weighted by molar-refractivity contribution is -0.120. The van der Waals surface area contributed by atoms with Gasteiger partial charge in [-0.05, 0) is 36.6 Å². The first kappa shape index (κ1) is 22.9. The number of ether oxygens (including phenoxy) is 3. The molecule has 9 heteroatoms. The highest BCUT2D eigenvalue weighted by atomic mass is 16.5. The van der Waals surface area contributed by atoms with E-state index in [9.17, 15) is 9.59 Å². The Labute approximate surface area is 186 Å². The lowest BCUT2D eigenvalue weighted by Crippen LogP contribution is -2.30. The molecule has 2 amide bonds. The second-order valence-corrected chi connectivity index (χ2v) is 7.76. The van der Waals surface area contributed by atoms with Gasteiger partial charge in [-0.15, -0.1) is 0 Å². The average molecular weight is 441 g/mol. The summed E-state index contributed by atoms with van der Waals surface area (Å²) in [5.41, 5.74) is 7.22. The number of nitrogens with two attached hydrogens (primary N) is 1. The van der Waals surface area contributed by atoms with Crippen molar-refractivity contribution in [2.75, 3.05) is 20.8 Å². The fourth-order valence-electron chi connectivity index (χ4n) is 3.39. The molecule has 1 unspecified atom stereocenters. The fraction of sp³-hybridized carbons (Fsp3) is 0.348. The van der Waals surface area contributed by atoms with Crippen molar-refractivity contribution in [3.63, 3.8) is 0 Å². The minimum atomic E-state index is -0.640. The number of nitrogens with zero attached hydrogens (tertiary/aromatic N) is 1. The van der Waals surface area contributed by atoms with Crippen LogP contribution in [0, 0.1) is 5.92 Å². The third-order valence-electron chi connectivity index (χ3n) is 4.83. The van der Waals surface area contributed by atoms with Crippen LogP contribution in [-0.2, 0) is 4.79 Å². The molecule has 0 aliphatic rings. The van der Waals surface area contributed by atoms with Crippen molar-refractivity contribution in [3.05, 3.63) is 47.8 Å². The van der Waals surface area contributed by atoms with Crippen LogP contribution in [0.4, 0.5) is 0 Å². The smallest absolute Gasteiger partial charge is 0.255 e. The van der Waals surface area contributed by atoms with Crippen molar-refractivity contribution in [2.24, 2.45) is 11.7 Å². The first-order valence-electron chi connectivity index (χ1n) is 10.2. The first-order valence-corrected chi connectivity index (χ1v) is 10.2. The number of aromatic amines is 1. The third-order valence-corrected chi connectivity index (χ3v) is 4.83. The standard InChI is InChI=1S/C23H28N4O5/c1-13(2)9-17(22-25-15-7-5-6-8-16(15)26-22)27-23(29)14-10-18(30-3)21(19(11-14)31-4)32-12-20(24)28/h5-8,10-11,13,17H,9,12H2,1-4H3,(H2,24,28)(H,25,26)(H,27,29). The van der Waals surface area contributed by atoms with Crippen LogP contribution in [0.1, 0.15) is 42.5 Å². The van der Waals surface area contributed by atoms with Crippen molar-refractivity contribution in [3.8, 4) is 17.2 Å². The van der Waals surface area contributed by atoms with E-state index in [2.05, 4.69) is 29.1 Å². The number of fused-ring (bicyclic) bond motifs is 1. The van der Waals surface area contributed by atoms with Crippen LogP contribution in [0.3, 0.4) is 0 Å². The summed E-state index contributed by atoms with van der Waals surface area (Å²) < 4.78 is 16.1. The minimum Gasteiger partial charge on any atom is -0.493 e. The summed E-state index contributed by atoms with van der Waals surface area (Å²) in [6, 6.07) is 10.4. The molecule has 0 saturated heterocycles. The number of benzene rings is 2. The topological polar surface area (TPSA) is 129 Å². The summed E-state index contributed by atoms with van der Waals surface area (Å²) in [6.45, 7) is 3.82. The molecule has 9 nitrogen and oxygen atoms in total. The molecule has 0 fully saturated rings. The number of nitrogens with one attached hydrogen (secondary N) is 2. The molecule has 1 heterocycles. The van der Waals surface area contributed by atoms with Crippen LogP contribution in [0.2, 0.25) is 0 Å². The molecule has 0 aliphatic heterocycles. The van der Waals surface area contributed by atoms with Crippen molar-refractivity contribution in [2.45, 2.75) is 26.3 Å². The quantitative estimate of drug-likeness (QED) is 0.445. The van der Waals surface area contributed by atoms with Gasteiger partial charge in [-0.1, -0.05) is 26.0 Å². The number of carbonyl (C=O) groups excluding carboxylic acids is 2. The van der Waals surface area contributed by atoms with Gasteiger partial charge in [-0.2, -0.15) is 0 Å². The monoisotopic (exact) mass is 440 g/mol. The highest BCUT2D eigenvalue weighted by Crippen LogP contribution is 2.38. The number of H-pyrrole nitrogens is 1. The molecule has 3 rings (SSSR count). The molecule has 32 heavy (non-hydrogen) atoms. The van der Waals surface area contributed by atoms with E-state index in [-0.39, 0.29) is 35.8 Å². The van der Waals surface area contributed by atoms with Gasteiger partial charge in [0.25, 0.3) is 11.8 Å². The van der Waals surface area contributed by atoms with E-state index in [1.165, 1.54) is 26.4 Å². The predicted octanol–water partition coefficient (Wildman–Crippen LogP) is 2.96. The lowest BCUT2D eigenvalue weighted by Gasteiger charge is -2.20. The Morgan fingerprint density at radius 1 is 1.12 bits per heavy atom. The second-order valence-electron chi connectivity index (χ2n) is 7.76. The van der Waals surface area contributed by atoms with Gasteiger partial charge in [0.2, 0.25) is 5.75 Å². The van der Waals surface area contributed by atoms with Crippen LogP contribution >= 0.6 is 0 Å². The number of imidazole rings is 1. The number of rotatable bonds is 10. The van der Waals surface area contributed by atoms with Crippen molar-refractivity contribution in [1.29, 1.82) is 0 Å². The molecule has 2 aromatic carbocycles. The minimum absolute atomic E-state index is 0.196. The van der Waals surface area contributed by atoms with E-state index >= 15 is 0 Å². The molecule has 170 valence electrons. The van der Waals surface area contributed by atoms with Gasteiger partial charge in [0.05, 0.1) is 31.3 Å². The molecule has 1 atom stereocenters. The van der Waals surface area contributed by atoms with Crippen molar-refractivity contribution < 1.29 is 23.8 Å². The fourth-order valence-corrected chi connectivity index (χ4v) is 3.39. The van der Waals surface area contributed by atoms with Gasteiger partial charge < -0.3 is 30.2 Å². The molecule has 0 saturated carbocycles. The molecule has 0 bridgehead atoms. The maximum atomic E-state index is 13.2. The van der Waals surface area contributed by atoms with Gasteiger partial charge in [0.15, 0.2) is 18.1 Å². The summed E-state index contributed by atoms with van der Waals surface area (Å²) in [7, 11) is 2.87. The Morgan fingerprint density at radius 2 is 1.78 bits per heavy atom. The van der Waals surface area contributed by atoms with Gasteiger partial charge in [-0.25, -0.2) is 4.98 Å². The Balaban J connectivity index is 1.90. The number of aromatic nitrogens is 2. The Kier molecular flexibility index (Phi) is 7.19. The van der Waals surface area contributed by atoms with E-state index < -0.39 is 5.91 Å². The molecule has 0 radical (unpaired) electrons. The molecular weight excluding hydrogens is 412 g/mol. The highest BCUT2D eigenvalue weighted by Gasteiger charge is 2.23. The first-order chi connectivity index (χ1) is 15.3. The van der Waals surface area contributed by atoms with Gasteiger partial charge in [0.1, 0.15) is 5.82 Å². The van der Waals surface area contributed by atoms with Crippen LogP contribution in [-0.4, -0.2) is 42.6 Å². The number of hydrogen-bond acceptors (Lipinski definition) is 6. The highest BCUT2D eigenvalue weighted by molar-refractivity contribution is 5.96. The zero-order valence-electron chi connectivity index (χ0n) is 18.6. The number of methoxy groups -OCH3 is 2. The van der Waals surface area contributed by atoms with Crippen molar-refractivity contribution >= 4 is 22.8 Å². The van der Waals surface area contributed by atoms with Crippen molar-refractivity contribution in [1.82, 2.24) is 15.3 Å². The van der Waals surface area contributed by atoms with Crippen LogP contribution in [0.25, 0.3) is 11.0 Å².